The minimum atomic E-state index is -4.26. The van der Waals surface area contributed by atoms with E-state index in [0.717, 1.165) is 31.1 Å². The molecule has 1 aliphatic carbocycles. The maximum atomic E-state index is 12.8. The van der Waals surface area contributed by atoms with Gasteiger partial charge in [0.1, 0.15) is 0 Å². The van der Waals surface area contributed by atoms with Gasteiger partial charge in [-0.25, -0.2) is 0 Å². The van der Waals surface area contributed by atoms with Crippen LogP contribution < -0.4 is 5.32 Å². The number of nitrogens with one attached hydrogen (secondary N) is 1. The van der Waals surface area contributed by atoms with Crippen molar-refractivity contribution in [3.05, 3.63) is 35.4 Å². The largest absolute Gasteiger partial charge is 0.416 e. The molecule has 0 spiro atoms. The van der Waals surface area contributed by atoms with Crippen LogP contribution in [0, 0.1) is 11.3 Å². The lowest BCUT2D eigenvalue weighted by atomic mass is 9.78. The van der Waals surface area contributed by atoms with Crippen LogP contribution in [-0.2, 0) is 12.6 Å². The lowest BCUT2D eigenvalue weighted by Gasteiger charge is -2.30. The predicted molar refractivity (Wildman–Crippen MR) is 79.1 cm³/mol. The van der Waals surface area contributed by atoms with E-state index in [2.05, 4.69) is 19.2 Å². The Morgan fingerprint density at radius 2 is 1.95 bits per heavy atom. The number of halogens is 3. The van der Waals surface area contributed by atoms with Crippen LogP contribution in [0.4, 0.5) is 13.2 Å². The first-order chi connectivity index (χ1) is 9.85. The molecule has 1 unspecified atom stereocenters. The van der Waals surface area contributed by atoms with Crippen molar-refractivity contribution in [1.82, 2.24) is 5.32 Å². The first kappa shape index (κ1) is 16.3. The molecule has 0 amide bonds. The summed E-state index contributed by atoms with van der Waals surface area (Å²) in [7, 11) is 0. The molecule has 1 N–H and O–H groups in total. The monoisotopic (exact) mass is 299 g/mol. The Balaban J connectivity index is 2.10. The molecule has 0 aliphatic heterocycles. The minimum absolute atomic E-state index is 0.0550. The van der Waals surface area contributed by atoms with E-state index in [0.29, 0.717) is 12.3 Å². The van der Waals surface area contributed by atoms with E-state index in [1.54, 1.807) is 0 Å². The number of benzene rings is 1. The summed E-state index contributed by atoms with van der Waals surface area (Å²) >= 11 is 0. The fraction of sp³-hybridized carbons (Fsp3) is 0.647. The molecule has 0 bridgehead atoms. The summed E-state index contributed by atoms with van der Waals surface area (Å²) in [5, 5.41) is 3.44. The highest BCUT2D eigenvalue weighted by Crippen LogP contribution is 2.47. The van der Waals surface area contributed by atoms with Gasteiger partial charge in [0, 0.05) is 6.54 Å². The third-order valence-corrected chi connectivity index (χ3v) is 4.38. The predicted octanol–water partition coefficient (Wildman–Crippen LogP) is 4.66. The Morgan fingerprint density at radius 3 is 2.52 bits per heavy atom. The van der Waals surface area contributed by atoms with Crippen LogP contribution in [0.1, 0.15) is 44.2 Å². The third kappa shape index (κ3) is 4.47. The zero-order chi connectivity index (χ0) is 15.5. The fourth-order valence-electron chi connectivity index (χ4n) is 3.01. The maximum Gasteiger partial charge on any atom is 0.416 e. The van der Waals surface area contributed by atoms with Gasteiger partial charge >= 0.3 is 6.18 Å². The summed E-state index contributed by atoms with van der Waals surface area (Å²) in [6.07, 6.45) is -0.0818. The van der Waals surface area contributed by atoms with Crippen molar-refractivity contribution >= 4 is 0 Å². The SMILES string of the molecule is CCCNCC(C)(Cc1cccc(C(F)(F)F)c1)C1CC1. The van der Waals surface area contributed by atoms with Crippen molar-refractivity contribution < 1.29 is 13.2 Å². The molecule has 4 heteroatoms. The van der Waals surface area contributed by atoms with Crippen LogP contribution >= 0.6 is 0 Å². The van der Waals surface area contributed by atoms with Crippen LogP contribution in [0.25, 0.3) is 0 Å². The Labute approximate surface area is 124 Å². The lowest BCUT2D eigenvalue weighted by Crippen LogP contribution is -2.36. The molecule has 1 aliphatic rings. The summed E-state index contributed by atoms with van der Waals surface area (Å²) in [5.41, 5.74) is 0.302. The summed E-state index contributed by atoms with van der Waals surface area (Å²) < 4.78 is 38.4. The molecule has 1 atom stereocenters. The van der Waals surface area contributed by atoms with E-state index in [9.17, 15) is 13.2 Å². The van der Waals surface area contributed by atoms with E-state index < -0.39 is 11.7 Å². The molecular formula is C17H24F3N. The molecule has 0 heterocycles. The van der Waals surface area contributed by atoms with Gasteiger partial charge in [-0.1, -0.05) is 32.0 Å². The van der Waals surface area contributed by atoms with Gasteiger partial charge in [0.25, 0.3) is 0 Å². The van der Waals surface area contributed by atoms with E-state index in [1.807, 2.05) is 6.07 Å². The second kappa shape index (κ2) is 6.39. The second-order valence-electron chi connectivity index (χ2n) is 6.48. The molecule has 1 saturated carbocycles. The molecule has 0 aromatic heterocycles. The van der Waals surface area contributed by atoms with Crippen LogP contribution in [0.2, 0.25) is 0 Å². The average molecular weight is 299 g/mol. The quantitative estimate of drug-likeness (QED) is 0.722. The highest BCUT2D eigenvalue weighted by atomic mass is 19.4. The molecule has 2 rings (SSSR count). The summed E-state index contributed by atoms with van der Waals surface area (Å²) in [6, 6.07) is 5.79. The molecule has 118 valence electrons. The molecule has 1 fully saturated rings. The van der Waals surface area contributed by atoms with Crippen molar-refractivity contribution in [2.24, 2.45) is 11.3 Å². The van der Waals surface area contributed by atoms with Gasteiger partial charge in [-0.2, -0.15) is 13.2 Å². The first-order valence-electron chi connectivity index (χ1n) is 7.72. The highest BCUT2D eigenvalue weighted by Gasteiger charge is 2.41. The summed E-state index contributed by atoms with van der Waals surface area (Å²) in [6.45, 7) is 6.16. The number of alkyl halides is 3. The van der Waals surface area contributed by atoms with E-state index >= 15 is 0 Å². The van der Waals surface area contributed by atoms with E-state index in [-0.39, 0.29) is 5.41 Å². The van der Waals surface area contributed by atoms with Gasteiger partial charge in [-0.15, -0.1) is 0 Å². The standard InChI is InChI=1S/C17H24F3N/c1-3-9-21-12-16(2,14-7-8-14)11-13-5-4-6-15(10-13)17(18,19)20/h4-6,10,14,21H,3,7-9,11-12H2,1-2H3. The van der Waals surface area contributed by atoms with Crippen molar-refractivity contribution in [1.29, 1.82) is 0 Å². The average Bonchev–Trinajstić information content (AvgIpc) is 3.23. The fourth-order valence-corrected chi connectivity index (χ4v) is 3.01. The number of rotatable bonds is 7. The van der Waals surface area contributed by atoms with Crippen molar-refractivity contribution in [2.45, 2.75) is 45.7 Å². The Morgan fingerprint density at radius 1 is 1.24 bits per heavy atom. The van der Waals surface area contributed by atoms with Gasteiger partial charge in [0.05, 0.1) is 5.56 Å². The topological polar surface area (TPSA) is 12.0 Å². The Kier molecular flexibility index (Phi) is 4.97. The lowest BCUT2D eigenvalue weighted by molar-refractivity contribution is -0.137. The highest BCUT2D eigenvalue weighted by molar-refractivity contribution is 5.27. The maximum absolute atomic E-state index is 12.8. The molecule has 0 saturated heterocycles. The molecule has 1 aromatic rings. The van der Waals surface area contributed by atoms with Crippen molar-refractivity contribution in [2.75, 3.05) is 13.1 Å². The zero-order valence-electron chi connectivity index (χ0n) is 12.8. The number of hydrogen-bond acceptors (Lipinski definition) is 1. The second-order valence-corrected chi connectivity index (χ2v) is 6.48. The minimum Gasteiger partial charge on any atom is -0.316 e. The van der Waals surface area contributed by atoms with Crippen molar-refractivity contribution in [3.8, 4) is 0 Å². The molecule has 1 aromatic carbocycles. The van der Waals surface area contributed by atoms with Gasteiger partial charge in [0.2, 0.25) is 0 Å². The van der Waals surface area contributed by atoms with E-state index in [1.165, 1.54) is 25.0 Å². The van der Waals surface area contributed by atoms with Gasteiger partial charge in [0.15, 0.2) is 0 Å². The Hall–Kier alpha value is -1.03. The smallest absolute Gasteiger partial charge is 0.316 e. The number of hydrogen-bond donors (Lipinski definition) is 1. The third-order valence-electron chi connectivity index (χ3n) is 4.38. The zero-order valence-corrected chi connectivity index (χ0v) is 12.8. The van der Waals surface area contributed by atoms with Gasteiger partial charge in [-0.3, -0.25) is 0 Å². The summed E-state index contributed by atoms with van der Waals surface area (Å²) in [5.74, 6) is 0.636. The van der Waals surface area contributed by atoms with Crippen LogP contribution in [0.15, 0.2) is 24.3 Å². The van der Waals surface area contributed by atoms with Gasteiger partial charge in [-0.05, 0) is 55.2 Å². The molecule has 1 nitrogen and oxygen atoms in total. The van der Waals surface area contributed by atoms with Gasteiger partial charge < -0.3 is 5.32 Å². The van der Waals surface area contributed by atoms with Crippen LogP contribution in [0.3, 0.4) is 0 Å². The summed E-state index contributed by atoms with van der Waals surface area (Å²) in [4.78, 5) is 0. The molecule has 21 heavy (non-hydrogen) atoms. The van der Waals surface area contributed by atoms with Crippen LogP contribution in [-0.4, -0.2) is 13.1 Å². The molecular weight excluding hydrogens is 275 g/mol. The van der Waals surface area contributed by atoms with E-state index in [4.69, 9.17) is 0 Å². The first-order valence-corrected chi connectivity index (χ1v) is 7.72. The van der Waals surface area contributed by atoms with Crippen molar-refractivity contribution in [3.63, 3.8) is 0 Å². The Bertz CT molecular complexity index is 465. The van der Waals surface area contributed by atoms with Crippen LogP contribution in [0.5, 0.6) is 0 Å². The molecule has 0 radical (unpaired) electrons. The normalized spacial score (nSPS) is 18.5.